The minimum Gasteiger partial charge on any atom is -0.447 e. The van der Waals surface area contributed by atoms with Gasteiger partial charge in [-0.2, -0.15) is 0 Å². The molecule has 1 heterocycles. The van der Waals surface area contributed by atoms with Crippen molar-refractivity contribution >= 4 is 10.0 Å². The summed E-state index contributed by atoms with van der Waals surface area (Å²) in [5, 5.41) is 12.3. The monoisotopic (exact) mass is 288 g/mol. The highest BCUT2D eigenvalue weighted by molar-refractivity contribution is 7.88. The first-order valence-electron chi connectivity index (χ1n) is 6.22. The topological polar surface area (TPSA) is 82.8 Å². The fourth-order valence-electron chi connectivity index (χ4n) is 1.79. The van der Waals surface area contributed by atoms with Gasteiger partial charge >= 0.3 is 0 Å². The Bertz CT molecular complexity index is 532. The summed E-state index contributed by atoms with van der Waals surface area (Å²) in [6, 6.07) is 3.12. The minimum atomic E-state index is -3.50. The Hall–Kier alpha value is -0.890. The van der Waals surface area contributed by atoms with E-state index in [2.05, 4.69) is 5.32 Å². The smallest absolute Gasteiger partial charge is 0.275 e. The number of rotatable bonds is 7. The van der Waals surface area contributed by atoms with Crippen molar-refractivity contribution in [3.63, 3.8) is 0 Å². The molecule has 2 rings (SSSR count). The standard InChI is InChI=1S/C12H20N2O4S/c1-14(2)19(16,17)11-4-3-10(18-11)7-13-8-12(9-15)5-6-12/h3-4,13,15H,5-9H2,1-2H3. The van der Waals surface area contributed by atoms with Crippen LogP contribution in [0.2, 0.25) is 0 Å². The Morgan fingerprint density at radius 2 is 2.11 bits per heavy atom. The number of furan rings is 1. The van der Waals surface area contributed by atoms with Crippen molar-refractivity contribution in [2.24, 2.45) is 5.41 Å². The van der Waals surface area contributed by atoms with Crippen LogP contribution in [0.25, 0.3) is 0 Å². The summed E-state index contributed by atoms with van der Waals surface area (Å²) in [7, 11) is -0.571. The average Bonchev–Trinajstić information content (AvgIpc) is 2.97. The summed E-state index contributed by atoms with van der Waals surface area (Å²) in [4.78, 5) is 0. The molecule has 0 atom stereocenters. The summed E-state index contributed by atoms with van der Waals surface area (Å²) in [6.07, 6.45) is 2.07. The van der Waals surface area contributed by atoms with Crippen molar-refractivity contribution in [1.82, 2.24) is 9.62 Å². The molecule has 0 radical (unpaired) electrons. The second-order valence-corrected chi connectivity index (χ2v) is 7.35. The van der Waals surface area contributed by atoms with Crippen LogP contribution in [0.1, 0.15) is 18.6 Å². The van der Waals surface area contributed by atoms with E-state index < -0.39 is 10.0 Å². The van der Waals surface area contributed by atoms with Crippen molar-refractivity contribution < 1.29 is 17.9 Å². The zero-order chi connectivity index (χ0) is 14.1. The fraction of sp³-hybridized carbons (Fsp3) is 0.667. The van der Waals surface area contributed by atoms with Crippen molar-refractivity contribution in [1.29, 1.82) is 0 Å². The van der Waals surface area contributed by atoms with Crippen LogP contribution in [-0.2, 0) is 16.6 Å². The van der Waals surface area contributed by atoms with E-state index in [9.17, 15) is 13.5 Å². The molecule has 0 amide bonds. The first-order chi connectivity index (χ1) is 8.89. The summed E-state index contributed by atoms with van der Waals surface area (Å²) in [5.41, 5.74) is 0.0329. The Kier molecular flexibility index (Phi) is 4.00. The third-order valence-electron chi connectivity index (χ3n) is 3.46. The zero-order valence-electron chi connectivity index (χ0n) is 11.2. The van der Waals surface area contributed by atoms with Gasteiger partial charge in [0.15, 0.2) is 0 Å². The molecule has 1 fully saturated rings. The Morgan fingerprint density at radius 1 is 1.42 bits per heavy atom. The zero-order valence-corrected chi connectivity index (χ0v) is 12.0. The molecular weight excluding hydrogens is 268 g/mol. The summed E-state index contributed by atoms with van der Waals surface area (Å²) in [6.45, 7) is 1.38. The molecule has 0 aromatic carbocycles. The lowest BCUT2D eigenvalue weighted by Crippen LogP contribution is -2.26. The second kappa shape index (κ2) is 5.24. The molecule has 1 aliphatic rings. The molecule has 19 heavy (non-hydrogen) atoms. The quantitative estimate of drug-likeness (QED) is 0.758. The molecule has 0 spiro atoms. The number of aliphatic hydroxyl groups is 1. The predicted octanol–water partition coefficient (Wildman–Crippen LogP) is 0.392. The first kappa shape index (κ1) is 14.5. The molecule has 0 aliphatic heterocycles. The lowest BCUT2D eigenvalue weighted by atomic mass is 10.1. The van der Waals surface area contributed by atoms with Gasteiger partial charge in [-0.3, -0.25) is 0 Å². The van der Waals surface area contributed by atoms with Crippen molar-refractivity contribution in [2.75, 3.05) is 27.2 Å². The van der Waals surface area contributed by atoms with E-state index in [-0.39, 0.29) is 17.1 Å². The second-order valence-electron chi connectivity index (χ2n) is 5.27. The molecule has 7 heteroatoms. The SMILES string of the molecule is CN(C)S(=O)(=O)c1ccc(CNCC2(CO)CC2)o1. The van der Waals surface area contributed by atoms with E-state index in [1.54, 1.807) is 6.07 Å². The van der Waals surface area contributed by atoms with E-state index in [1.165, 1.54) is 20.2 Å². The maximum atomic E-state index is 11.8. The van der Waals surface area contributed by atoms with Gasteiger partial charge in [-0.05, 0) is 25.0 Å². The molecule has 1 saturated carbocycles. The van der Waals surface area contributed by atoms with Gasteiger partial charge in [0, 0.05) is 32.7 Å². The number of hydrogen-bond donors (Lipinski definition) is 2. The van der Waals surface area contributed by atoms with Crippen LogP contribution in [0, 0.1) is 5.41 Å². The summed E-state index contributed by atoms with van der Waals surface area (Å²) < 4.78 is 30.1. The average molecular weight is 288 g/mol. The van der Waals surface area contributed by atoms with Gasteiger partial charge in [-0.25, -0.2) is 12.7 Å². The Labute approximate surface area is 113 Å². The van der Waals surface area contributed by atoms with Crippen LogP contribution < -0.4 is 5.32 Å². The fourth-order valence-corrected chi connectivity index (χ4v) is 2.60. The number of nitrogens with one attached hydrogen (secondary N) is 1. The van der Waals surface area contributed by atoms with Crippen LogP contribution >= 0.6 is 0 Å². The van der Waals surface area contributed by atoms with Gasteiger partial charge in [0.1, 0.15) is 5.76 Å². The van der Waals surface area contributed by atoms with Gasteiger partial charge < -0.3 is 14.8 Å². The maximum absolute atomic E-state index is 11.8. The Morgan fingerprint density at radius 3 is 2.63 bits per heavy atom. The molecule has 0 saturated heterocycles. The van der Waals surface area contributed by atoms with Gasteiger partial charge in [-0.1, -0.05) is 0 Å². The van der Waals surface area contributed by atoms with Crippen molar-refractivity contribution in [3.05, 3.63) is 17.9 Å². The highest BCUT2D eigenvalue weighted by atomic mass is 32.2. The van der Waals surface area contributed by atoms with Crippen molar-refractivity contribution in [3.8, 4) is 0 Å². The summed E-state index contributed by atoms with van der Waals surface area (Å²) >= 11 is 0. The first-order valence-corrected chi connectivity index (χ1v) is 7.66. The largest absolute Gasteiger partial charge is 0.447 e. The highest BCUT2D eigenvalue weighted by Crippen LogP contribution is 2.44. The number of nitrogens with zero attached hydrogens (tertiary/aromatic N) is 1. The number of hydrogen-bond acceptors (Lipinski definition) is 5. The highest BCUT2D eigenvalue weighted by Gasteiger charge is 2.41. The number of sulfonamides is 1. The van der Waals surface area contributed by atoms with Crippen LogP contribution in [0.4, 0.5) is 0 Å². The number of aliphatic hydroxyl groups excluding tert-OH is 1. The van der Waals surface area contributed by atoms with E-state index in [0.29, 0.717) is 12.3 Å². The van der Waals surface area contributed by atoms with E-state index in [4.69, 9.17) is 4.42 Å². The summed E-state index contributed by atoms with van der Waals surface area (Å²) in [5.74, 6) is 0.578. The van der Waals surface area contributed by atoms with Crippen LogP contribution in [0.5, 0.6) is 0 Å². The van der Waals surface area contributed by atoms with E-state index in [0.717, 1.165) is 23.7 Å². The molecule has 6 nitrogen and oxygen atoms in total. The molecule has 0 bridgehead atoms. The molecule has 1 aliphatic carbocycles. The molecule has 1 aromatic heterocycles. The molecular formula is C12H20N2O4S. The molecule has 2 N–H and O–H groups in total. The van der Waals surface area contributed by atoms with Crippen molar-refractivity contribution in [2.45, 2.75) is 24.5 Å². The van der Waals surface area contributed by atoms with Gasteiger partial charge in [0.05, 0.1) is 6.54 Å². The predicted molar refractivity (Wildman–Crippen MR) is 70.0 cm³/mol. The van der Waals surface area contributed by atoms with Crippen LogP contribution in [0.3, 0.4) is 0 Å². The normalized spacial score (nSPS) is 17.9. The third-order valence-corrected chi connectivity index (χ3v) is 5.15. The Balaban J connectivity index is 1.91. The molecule has 0 unspecified atom stereocenters. The lowest BCUT2D eigenvalue weighted by Gasteiger charge is -2.11. The van der Waals surface area contributed by atoms with Gasteiger partial charge in [0.25, 0.3) is 10.0 Å². The van der Waals surface area contributed by atoms with Crippen LogP contribution in [-0.4, -0.2) is 45.1 Å². The van der Waals surface area contributed by atoms with E-state index >= 15 is 0 Å². The minimum absolute atomic E-state index is 0.0329. The molecule has 108 valence electrons. The van der Waals surface area contributed by atoms with E-state index in [1.807, 2.05) is 0 Å². The maximum Gasteiger partial charge on any atom is 0.275 e. The molecule has 1 aromatic rings. The third kappa shape index (κ3) is 3.17. The van der Waals surface area contributed by atoms with Crippen LogP contribution in [0.15, 0.2) is 21.6 Å². The lowest BCUT2D eigenvalue weighted by molar-refractivity contribution is 0.206. The van der Waals surface area contributed by atoms with Gasteiger partial charge in [0.2, 0.25) is 5.09 Å². The van der Waals surface area contributed by atoms with Gasteiger partial charge in [-0.15, -0.1) is 0 Å².